The van der Waals surface area contributed by atoms with Crippen molar-refractivity contribution in [1.82, 2.24) is 0 Å². The van der Waals surface area contributed by atoms with E-state index in [1.807, 2.05) is 22.3 Å². The highest BCUT2D eigenvalue weighted by Gasteiger charge is 2.40. The lowest BCUT2D eigenvalue weighted by Gasteiger charge is -2.28. The quantitative estimate of drug-likeness (QED) is 0.489. The summed E-state index contributed by atoms with van der Waals surface area (Å²) in [6.07, 6.45) is 14.7. The van der Waals surface area contributed by atoms with E-state index in [0.717, 1.165) is 11.8 Å². The molecule has 0 N–H and O–H groups in total. The molecule has 4 aliphatic carbocycles. The van der Waals surface area contributed by atoms with Gasteiger partial charge in [-0.1, -0.05) is 38.8 Å². The van der Waals surface area contributed by atoms with Gasteiger partial charge in [0.25, 0.3) is 0 Å². The second-order valence-electron chi connectivity index (χ2n) is 6.32. The second kappa shape index (κ2) is 5.23. The van der Waals surface area contributed by atoms with Gasteiger partial charge in [0, 0.05) is 0 Å². The third-order valence-corrected chi connectivity index (χ3v) is 5.56. The summed E-state index contributed by atoms with van der Waals surface area (Å²) in [6, 6.07) is 0. The molecule has 0 heterocycles. The van der Waals surface area contributed by atoms with E-state index in [0.29, 0.717) is 0 Å². The Labute approximate surface area is 114 Å². The minimum absolute atomic E-state index is 0. The second-order valence-corrected chi connectivity index (χ2v) is 6.32. The molecule has 0 aliphatic heterocycles. The van der Waals surface area contributed by atoms with Gasteiger partial charge in [0.2, 0.25) is 0 Å². The third-order valence-electron chi connectivity index (χ3n) is 5.56. The maximum Gasteiger partial charge on any atom is -0.00937 e. The molecule has 102 valence electrons. The van der Waals surface area contributed by atoms with Crippen LogP contribution in [-0.4, -0.2) is 0 Å². The first-order valence-corrected chi connectivity index (χ1v) is 7.36. The summed E-state index contributed by atoms with van der Waals surface area (Å²) in [6.45, 7) is 0. The molecule has 18 heavy (non-hydrogen) atoms. The molecule has 0 aromatic carbocycles. The molecule has 0 spiro atoms. The van der Waals surface area contributed by atoms with Crippen LogP contribution in [0.25, 0.3) is 0 Å². The monoisotopic (exact) mass is 246 g/mol. The highest BCUT2D eigenvalue weighted by atomic mass is 14.5. The fourth-order valence-corrected chi connectivity index (χ4v) is 4.84. The van der Waals surface area contributed by atoms with Gasteiger partial charge in [-0.15, -0.1) is 0 Å². The molecule has 0 saturated heterocycles. The van der Waals surface area contributed by atoms with Crippen LogP contribution < -0.4 is 0 Å². The lowest BCUT2D eigenvalue weighted by Crippen LogP contribution is -2.17. The average molecular weight is 246 g/mol. The van der Waals surface area contributed by atoms with Crippen LogP contribution in [0.1, 0.15) is 79.1 Å². The van der Waals surface area contributed by atoms with Gasteiger partial charge in [-0.2, -0.15) is 0 Å². The zero-order valence-electron chi connectivity index (χ0n) is 10.2. The Morgan fingerprint density at radius 1 is 0.778 bits per heavy atom. The standard InChI is InChI=1S/C16H22.2CH4/c1-3-7-13-11(5-1)9-15-14-8-4-2-6-12(14)10-16(13)15;;/h11,13H,1-10H2;2*1H4. The first-order valence-electron chi connectivity index (χ1n) is 7.36. The number of fused-ring (bicyclic) bond motifs is 3. The van der Waals surface area contributed by atoms with Crippen molar-refractivity contribution >= 4 is 0 Å². The van der Waals surface area contributed by atoms with Crippen molar-refractivity contribution in [2.24, 2.45) is 11.8 Å². The Morgan fingerprint density at radius 2 is 1.56 bits per heavy atom. The van der Waals surface area contributed by atoms with Crippen LogP contribution >= 0.6 is 0 Å². The molecule has 0 amide bonds. The lowest BCUT2D eigenvalue weighted by molar-refractivity contribution is 0.289. The van der Waals surface area contributed by atoms with Crippen LogP contribution in [0.4, 0.5) is 0 Å². The minimum Gasteiger partial charge on any atom is -0.0776 e. The Hall–Kier alpha value is -0.520. The van der Waals surface area contributed by atoms with E-state index in [2.05, 4.69) is 0 Å². The summed E-state index contributed by atoms with van der Waals surface area (Å²) >= 11 is 0. The summed E-state index contributed by atoms with van der Waals surface area (Å²) in [5.74, 6) is 2.09. The Balaban J connectivity index is 0.000000602. The van der Waals surface area contributed by atoms with Crippen LogP contribution in [0.3, 0.4) is 0 Å². The molecule has 0 bridgehead atoms. The minimum atomic E-state index is 0. The Bertz CT molecular complexity index is 383. The van der Waals surface area contributed by atoms with Gasteiger partial charge in [-0.05, 0) is 74.3 Å². The predicted octanol–water partition coefficient (Wildman–Crippen LogP) is 6.04. The van der Waals surface area contributed by atoms with Gasteiger partial charge in [0.1, 0.15) is 0 Å². The van der Waals surface area contributed by atoms with E-state index >= 15 is 0 Å². The molecule has 4 rings (SSSR count). The van der Waals surface area contributed by atoms with E-state index in [1.54, 1.807) is 0 Å². The molecular weight excluding hydrogens is 216 g/mol. The molecule has 0 aromatic heterocycles. The van der Waals surface area contributed by atoms with Gasteiger partial charge in [-0.3, -0.25) is 0 Å². The number of allylic oxidation sites excluding steroid dienone is 4. The SMILES string of the molecule is C.C.C1CCC2=C(C1)CC1=C2CC2CCCCC12. The van der Waals surface area contributed by atoms with Crippen molar-refractivity contribution in [1.29, 1.82) is 0 Å². The molecule has 1 fully saturated rings. The summed E-state index contributed by atoms with van der Waals surface area (Å²) in [5.41, 5.74) is 7.53. The Kier molecular flexibility index (Phi) is 4.04. The lowest BCUT2D eigenvalue weighted by atomic mass is 9.76. The summed E-state index contributed by atoms with van der Waals surface area (Å²) in [4.78, 5) is 0. The van der Waals surface area contributed by atoms with Crippen LogP contribution in [-0.2, 0) is 0 Å². The summed E-state index contributed by atoms with van der Waals surface area (Å²) in [5, 5.41) is 0. The number of rotatable bonds is 0. The highest BCUT2D eigenvalue weighted by Crippen LogP contribution is 2.55. The van der Waals surface area contributed by atoms with Crippen molar-refractivity contribution in [2.45, 2.75) is 79.1 Å². The van der Waals surface area contributed by atoms with Gasteiger partial charge in [-0.25, -0.2) is 0 Å². The molecular formula is C18H30. The first-order chi connectivity index (χ1) is 7.93. The summed E-state index contributed by atoms with van der Waals surface area (Å²) in [7, 11) is 0. The zero-order chi connectivity index (χ0) is 10.5. The predicted molar refractivity (Wildman–Crippen MR) is 80.7 cm³/mol. The maximum atomic E-state index is 1.93. The van der Waals surface area contributed by atoms with Crippen LogP contribution in [0.5, 0.6) is 0 Å². The fourth-order valence-electron chi connectivity index (χ4n) is 4.84. The molecule has 0 aromatic rings. The topological polar surface area (TPSA) is 0 Å². The number of hydrogen-bond donors (Lipinski definition) is 0. The van der Waals surface area contributed by atoms with E-state index in [-0.39, 0.29) is 14.9 Å². The number of hydrogen-bond acceptors (Lipinski definition) is 0. The van der Waals surface area contributed by atoms with Gasteiger partial charge >= 0.3 is 0 Å². The molecule has 2 atom stereocenters. The zero-order valence-corrected chi connectivity index (χ0v) is 10.2. The van der Waals surface area contributed by atoms with E-state index in [9.17, 15) is 0 Å². The van der Waals surface area contributed by atoms with Crippen LogP contribution in [0.15, 0.2) is 22.3 Å². The maximum absolute atomic E-state index is 1.93. The molecule has 0 radical (unpaired) electrons. The molecule has 2 unspecified atom stereocenters. The van der Waals surface area contributed by atoms with Gasteiger partial charge in [0.05, 0.1) is 0 Å². The van der Waals surface area contributed by atoms with E-state index in [4.69, 9.17) is 0 Å². The van der Waals surface area contributed by atoms with Crippen molar-refractivity contribution < 1.29 is 0 Å². The third kappa shape index (κ3) is 1.89. The highest BCUT2D eigenvalue weighted by molar-refractivity contribution is 5.52. The Morgan fingerprint density at radius 3 is 2.44 bits per heavy atom. The smallest absolute Gasteiger partial charge is 0.00937 e. The first kappa shape index (κ1) is 13.9. The molecule has 1 saturated carbocycles. The van der Waals surface area contributed by atoms with Crippen molar-refractivity contribution in [2.75, 3.05) is 0 Å². The molecule has 0 nitrogen and oxygen atoms in total. The largest absolute Gasteiger partial charge is 0.0776 e. The van der Waals surface area contributed by atoms with Crippen molar-refractivity contribution in [3.05, 3.63) is 22.3 Å². The van der Waals surface area contributed by atoms with Gasteiger partial charge in [0.15, 0.2) is 0 Å². The fraction of sp³-hybridized carbons (Fsp3) is 0.778. The van der Waals surface area contributed by atoms with Crippen LogP contribution in [0, 0.1) is 11.8 Å². The molecule has 4 aliphatic rings. The van der Waals surface area contributed by atoms with Gasteiger partial charge < -0.3 is 0 Å². The van der Waals surface area contributed by atoms with Crippen LogP contribution in [0.2, 0.25) is 0 Å². The van der Waals surface area contributed by atoms with Crippen molar-refractivity contribution in [3.63, 3.8) is 0 Å². The molecule has 0 heteroatoms. The van der Waals surface area contributed by atoms with E-state index < -0.39 is 0 Å². The van der Waals surface area contributed by atoms with Crippen molar-refractivity contribution in [3.8, 4) is 0 Å². The van der Waals surface area contributed by atoms with E-state index in [1.165, 1.54) is 64.2 Å². The normalized spacial score (nSPS) is 33.3. The summed E-state index contributed by atoms with van der Waals surface area (Å²) < 4.78 is 0. The average Bonchev–Trinajstić information content (AvgIpc) is 2.85.